The maximum atomic E-state index is 13.9. The fraction of sp³-hybridized carbons (Fsp3) is 0.647. The van der Waals surface area contributed by atoms with Gasteiger partial charge in [0.1, 0.15) is 5.82 Å². The van der Waals surface area contributed by atoms with Crippen molar-refractivity contribution in [2.75, 3.05) is 13.1 Å². The van der Waals surface area contributed by atoms with Gasteiger partial charge < -0.3 is 5.32 Å². The molecule has 0 amide bonds. The van der Waals surface area contributed by atoms with E-state index >= 15 is 0 Å². The number of halogens is 1. The van der Waals surface area contributed by atoms with Crippen LogP contribution in [0.3, 0.4) is 0 Å². The molecule has 0 spiro atoms. The molecule has 1 aromatic rings. The SMILES string of the molecule is CCC1CN(Cc2ccccc2F)C(CC(C)C)CN1. The van der Waals surface area contributed by atoms with Crippen LogP contribution in [0.4, 0.5) is 4.39 Å². The van der Waals surface area contributed by atoms with Crippen molar-refractivity contribution in [3.63, 3.8) is 0 Å². The fourth-order valence-corrected chi connectivity index (χ4v) is 3.02. The third-order valence-corrected chi connectivity index (χ3v) is 4.18. The molecule has 1 N–H and O–H groups in total. The molecule has 1 fully saturated rings. The first kappa shape index (κ1) is 15.5. The standard InChI is InChI=1S/C17H27FN2/c1-4-15-12-20(16(10-19-15)9-13(2)3)11-14-7-5-6-8-17(14)18/h5-8,13,15-16,19H,4,9-12H2,1-3H3. The van der Waals surface area contributed by atoms with Crippen LogP contribution in [0.25, 0.3) is 0 Å². The smallest absolute Gasteiger partial charge is 0.127 e. The average Bonchev–Trinajstić information content (AvgIpc) is 2.42. The summed E-state index contributed by atoms with van der Waals surface area (Å²) in [5, 5.41) is 3.62. The van der Waals surface area contributed by atoms with Gasteiger partial charge in [0.15, 0.2) is 0 Å². The molecule has 1 aromatic carbocycles. The number of nitrogens with one attached hydrogen (secondary N) is 1. The normalized spacial score (nSPS) is 24.2. The van der Waals surface area contributed by atoms with Crippen LogP contribution in [0.2, 0.25) is 0 Å². The second-order valence-corrected chi connectivity index (χ2v) is 6.32. The Balaban J connectivity index is 2.08. The van der Waals surface area contributed by atoms with E-state index in [-0.39, 0.29) is 5.82 Å². The van der Waals surface area contributed by atoms with Crippen molar-refractivity contribution in [3.05, 3.63) is 35.6 Å². The molecule has 0 aromatic heterocycles. The van der Waals surface area contributed by atoms with E-state index in [4.69, 9.17) is 0 Å². The van der Waals surface area contributed by atoms with E-state index in [0.717, 1.165) is 38.0 Å². The molecular formula is C17H27FN2. The molecule has 1 heterocycles. The largest absolute Gasteiger partial charge is 0.311 e. The van der Waals surface area contributed by atoms with E-state index in [1.807, 2.05) is 12.1 Å². The number of benzene rings is 1. The molecule has 2 nitrogen and oxygen atoms in total. The van der Waals surface area contributed by atoms with Crippen molar-refractivity contribution in [1.82, 2.24) is 10.2 Å². The molecule has 1 aliphatic heterocycles. The number of hydrogen-bond donors (Lipinski definition) is 1. The highest BCUT2D eigenvalue weighted by molar-refractivity contribution is 5.17. The van der Waals surface area contributed by atoms with E-state index in [0.29, 0.717) is 18.0 Å². The van der Waals surface area contributed by atoms with Crippen LogP contribution < -0.4 is 5.32 Å². The Morgan fingerprint density at radius 1 is 1.35 bits per heavy atom. The molecule has 2 atom stereocenters. The molecule has 3 heteroatoms. The monoisotopic (exact) mass is 278 g/mol. The van der Waals surface area contributed by atoms with Gasteiger partial charge in [-0.1, -0.05) is 39.0 Å². The van der Waals surface area contributed by atoms with Gasteiger partial charge in [-0.25, -0.2) is 4.39 Å². The number of rotatable bonds is 5. The van der Waals surface area contributed by atoms with Gasteiger partial charge in [0.25, 0.3) is 0 Å². The second-order valence-electron chi connectivity index (χ2n) is 6.32. The number of nitrogens with zero attached hydrogens (tertiary/aromatic N) is 1. The van der Waals surface area contributed by atoms with E-state index in [1.165, 1.54) is 0 Å². The molecule has 0 bridgehead atoms. The van der Waals surface area contributed by atoms with E-state index in [2.05, 4.69) is 31.0 Å². The summed E-state index contributed by atoms with van der Waals surface area (Å²) in [6.07, 6.45) is 2.29. The van der Waals surface area contributed by atoms with Gasteiger partial charge in [0.05, 0.1) is 0 Å². The van der Waals surface area contributed by atoms with Crippen molar-refractivity contribution in [2.45, 2.75) is 52.2 Å². The molecule has 0 saturated carbocycles. The topological polar surface area (TPSA) is 15.3 Å². The minimum Gasteiger partial charge on any atom is -0.311 e. The zero-order valence-corrected chi connectivity index (χ0v) is 12.9. The van der Waals surface area contributed by atoms with Crippen molar-refractivity contribution in [2.24, 2.45) is 5.92 Å². The average molecular weight is 278 g/mol. The van der Waals surface area contributed by atoms with E-state index < -0.39 is 0 Å². The highest BCUT2D eigenvalue weighted by Crippen LogP contribution is 2.20. The molecule has 1 saturated heterocycles. The van der Waals surface area contributed by atoms with Crippen molar-refractivity contribution < 1.29 is 4.39 Å². The minimum atomic E-state index is -0.0811. The van der Waals surface area contributed by atoms with Crippen LogP contribution >= 0.6 is 0 Å². The Morgan fingerprint density at radius 3 is 2.75 bits per heavy atom. The number of piperazine rings is 1. The third-order valence-electron chi connectivity index (χ3n) is 4.18. The quantitative estimate of drug-likeness (QED) is 0.888. The fourth-order valence-electron chi connectivity index (χ4n) is 3.02. The van der Waals surface area contributed by atoms with Gasteiger partial charge in [0.2, 0.25) is 0 Å². The van der Waals surface area contributed by atoms with Crippen LogP contribution in [-0.2, 0) is 6.54 Å². The summed E-state index contributed by atoms with van der Waals surface area (Å²) in [4.78, 5) is 2.46. The molecule has 1 aliphatic rings. The van der Waals surface area contributed by atoms with Crippen molar-refractivity contribution in [3.8, 4) is 0 Å². The minimum absolute atomic E-state index is 0.0811. The van der Waals surface area contributed by atoms with Crippen molar-refractivity contribution in [1.29, 1.82) is 0 Å². The molecule has 2 unspecified atom stereocenters. The summed E-state index contributed by atoms with van der Waals surface area (Å²) < 4.78 is 13.9. The van der Waals surface area contributed by atoms with Crippen molar-refractivity contribution >= 4 is 0 Å². The first-order chi connectivity index (χ1) is 9.60. The maximum absolute atomic E-state index is 13.9. The van der Waals surface area contributed by atoms with Crippen LogP contribution in [0, 0.1) is 11.7 Å². The van der Waals surface area contributed by atoms with Gasteiger partial charge in [-0.2, -0.15) is 0 Å². The summed E-state index contributed by atoms with van der Waals surface area (Å²) >= 11 is 0. The lowest BCUT2D eigenvalue weighted by Gasteiger charge is -2.41. The first-order valence-electron chi connectivity index (χ1n) is 7.81. The highest BCUT2D eigenvalue weighted by Gasteiger charge is 2.27. The van der Waals surface area contributed by atoms with Gasteiger partial charge in [-0.05, 0) is 24.8 Å². The predicted octanol–water partition coefficient (Wildman–Crippen LogP) is 3.42. The predicted molar refractivity (Wildman–Crippen MR) is 82.1 cm³/mol. The van der Waals surface area contributed by atoms with Gasteiger partial charge in [-0.15, -0.1) is 0 Å². The van der Waals surface area contributed by atoms with E-state index in [1.54, 1.807) is 12.1 Å². The molecule has 0 radical (unpaired) electrons. The molecule has 0 aliphatic carbocycles. The Labute approximate surface area is 122 Å². The van der Waals surface area contributed by atoms with Gasteiger partial charge in [0, 0.05) is 37.3 Å². The summed E-state index contributed by atoms with van der Waals surface area (Å²) in [6.45, 7) is 9.48. The lowest BCUT2D eigenvalue weighted by molar-refractivity contribution is 0.104. The van der Waals surface area contributed by atoms with Crippen LogP contribution in [-0.4, -0.2) is 30.1 Å². The Bertz CT molecular complexity index is 419. The number of hydrogen-bond acceptors (Lipinski definition) is 2. The lowest BCUT2D eigenvalue weighted by atomic mass is 9.97. The highest BCUT2D eigenvalue weighted by atomic mass is 19.1. The first-order valence-corrected chi connectivity index (χ1v) is 7.81. The lowest BCUT2D eigenvalue weighted by Crippen LogP contribution is -2.56. The molecule has 2 rings (SSSR count). The van der Waals surface area contributed by atoms with Gasteiger partial charge >= 0.3 is 0 Å². The van der Waals surface area contributed by atoms with Crippen LogP contribution in [0.15, 0.2) is 24.3 Å². The van der Waals surface area contributed by atoms with Crippen LogP contribution in [0.5, 0.6) is 0 Å². The van der Waals surface area contributed by atoms with Gasteiger partial charge in [-0.3, -0.25) is 4.90 Å². The maximum Gasteiger partial charge on any atom is 0.127 e. The summed E-state index contributed by atoms with van der Waals surface area (Å²) in [5.74, 6) is 0.588. The Kier molecular flexibility index (Phi) is 5.55. The molecule has 20 heavy (non-hydrogen) atoms. The Hall–Kier alpha value is -0.930. The summed E-state index contributed by atoms with van der Waals surface area (Å²) in [6, 6.07) is 8.20. The molecule has 112 valence electrons. The summed E-state index contributed by atoms with van der Waals surface area (Å²) in [5.41, 5.74) is 0.818. The third kappa shape index (κ3) is 4.03. The zero-order valence-electron chi connectivity index (χ0n) is 12.9. The summed E-state index contributed by atoms with van der Waals surface area (Å²) in [7, 11) is 0. The van der Waals surface area contributed by atoms with Crippen LogP contribution in [0.1, 0.15) is 39.2 Å². The molecular weight excluding hydrogens is 251 g/mol. The zero-order chi connectivity index (χ0) is 14.5. The van der Waals surface area contributed by atoms with E-state index in [9.17, 15) is 4.39 Å². The Morgan fingerprint density at radius 2 is 2.10 bits per heavy atom. The second kappa shape index (κ2) is 7.19.